The van der Waals surface area contributed by atoms with Gasteiger partial charge in [0.05, 0.1) is 14.4 Å². The van der Waals surface area contributed by atoms with Crippen LogP contribution in [0.2, 0.25) is 5.02 Å². The average Bonchev–Trinajstić information content (AvgIpc) is 2.39. The van der Waals surface area contributed by atoms with Crippen molar-refractivity contribution in [2.75, 3.05) is 13.1 Å². The van der Waals surface area contributed by atoms with E-state index in [4.69, 9.17) is 22.3 Å². The summed E-state index contributed by atoms with van der Waals surface area (Å²) in [6, 6.07) is 2.72. The van der Waals surface area contributed by atoms with Crippen molar-refractivity contribution in [2.45, 2.75) is 24.7 Å². The Kier molecular flexibility index (Phi) is 5.23. The van der Waals surface area contributed by atoms with Crippen LogP contribution in [0.4, 0.5) is 0 Å². The van der Waals surface area contributed by atoms with Crippen LogP contribution in [0.3, 0.4) is 0 Å². The fourth-order valence-corrected chi connectivity index (χ4v) is 4.80. The molecule has 0 aromatic heterocycles. The number of carbonyl (C=O) groups excluding carboxylic acids is 1. The minimum absolute atomic E-state index is 0.144. The number of halogens is 3. The van der Waals surface area contributed by atoms with Crippen LogP contribution in [0.5, 0.6) is 0 Å². The molecule has 1 aliphatic rings. The first-order valence-electron chi connectivity index (χ1n) is 6.43. The lowest BCUT2D eigenvalue weighted by Crippen LogP contribution is -2.39. The molecule has 1 atom stereocenters. The fraction of sp³-hybridized carbons (Fsp3) is 0.462. The smallest absolute Gasteiger partial charge is 0.262 e. The van der Waals surface area contributed by atoms with Crippen molar-refractivity contribution >= 4 is 53.2 Å². The molecule has 21 heavy (non-hydrogen) atoms. The van der Waals surface area contributed by atoms with Crippen molar-refractivity contribution in [3.05, 3.63) is 27.2 Å². The topological polar surface area (TPSA) is 54.5 Å². The van der Waals surface area contributed by atoms with Crippen molar-refractivity contribution in [3.8, 4) is 0 Å². The summed E-state index contributed by atoms with van der Waals surface area (Å²) < 4.78 is 23.3. The van der Waals surface area contributed by atoms with E-state index in [0.717, 1.165) is 12.8 Å². The van der Waals surface area contributed by atoms with E-state index in [1.54, 1.807) is 4.90 Å². The third-order valence-corrected chi connectivity index (χ3v) is 6.44. The monoisotopic (exact) mass is 413 g/mol. The first-order chi connectivity index (χ1) is 9.70. The van der Waals surface area contributed by atoms with E-state index >= 15 is 0 Å². The van der Waals surface area contributed by atoms with Gasteiger partial charge in [0.25, 0.3) is 15.0 Å². The quantitative estimate of drug-likeness (QED) is 0.689. The fourth-order valence-electron chi connectivity index (χ4n) is 2.42. The summed E-state index contributed by atoms with van der Waals surface area (Å²) in [6.07, 6.45) is 2.03. The lowest BCUT2D eigenvalue weighted by molar-refractivity contribution is 0.0683. The third kappa shape index (κ3) is 3.92. The predicted molar refractivity (Wildman–Crippen MR) is 86.5 cm³/mol. The molecule has 0 saturated carbocycles. The molecule has 1 aromatic rings. The highest BCUT2D eigenvalue weighted by molar-refractivity contribution is 9.10. The van der Waals surface area contributed by atoms with E-state index in [9.17, 15) is 13.2 Å². The number of piperidine rings is 1. The second kappa shape index (κ2) is 6.44. The highest BCUT2D eigenvalue weighted by atomic mass is 79.9. The molecule has 0 N–H and O–H groups in total. The van der Waals surface area contributed by atoms with Crippen LogP contribution in [-0.2, 0) is 9.05 Å². The van der Waals surface area contributed by atoms with E-state index in [2.05, 4.69) is 22.9 Å². The van der Waals surface area contributed by atoms with Gasteiger partial charge in [-0.05, 0) is 46.8 Å². The first-order valence-corrected chi connectivity index (χ1v) is 9.91. The molecule has 1 saturated heterocycles. The van der Waals surface area contributed by atoms with Crippen LogP contribution in [0.15, 0.2) is 21.5 Å². The summed E-state index contributed by atoms with van der Waals surface area (Å²) >= 11 is 9.08. The van der Waals surface area contributed by atoms with Gasteiger partial charge in [-0.3, -0.25) is 4.79 Å². The maximum Gasteiger partial charge on any atom is 0.262 e. The number of benzene rings is 1. The molecule has 1 heterocycles. The summed E-state index contributed by atoms with van der Waals surface area (Å²) in [5.74, 6) is 0.211. The molecule has 4 nitrogen and oxygen atoms in total. The van der Waals surface area contributed by atoms with Gasteiger partial charge in [-0.25, -0.2) is 8.42 Å². The zero-order valence-electron chi connectivity index (χ0n) is 11.3. The van der Waals surface area contributed by atoms with E-state index in [1.807, 2.05) is 0 Å². The Morgan fingerprint density at radius 3 is 2.67 bits per heavy atom. The Labute approximate surface area is 142 Å². The van der Waals surface area contributed by atoms with Gasteiger partial charge in [0.1, 0.15) is 0 Å². The van der Waals surface area contributed by atoms with Crippen molar-refractivity contribution in [2.24, 2.45) is 5.92 Å². The van der Waals surface area contributed by atoms with Crippen LogP contribution >= 0.6 is 38.2 Å². The number of nitrogens with zero attached hydrogens (tertiary/aromatic N) is 1. The van der Waals surface area contributed by atoms with Crippen LogP contribution in [-0.4, -0.2) is 32.3 Å². The summed E-state index contributed by atoms with van der Waals surface area (Å²) in [5.41, 5.74) is 0.233. The zero-order valence-corrected chi connectivity index (χ0v) is 15.2. The van der Waals surface area contributed by atoms with Gasteiger partial charge in [0.2, 0.25) is 0 Å². The predicted octanol–water partition coefficient (Wildman–Crippen LogP) is 3.90. The van der Waals surface area contributed by atoms with E-state index in [1.165, 1.54) is 12.1 Å². The molecule has 8 heteroatoms. The average molecular weight is 415 g/mol. The Hall–Kier alpha value is -0.300. The van der Waals surface area contributed by atoms with Gasteiger partial charge in [-0.1, -0.05) is 18.5 Å². The normalized spacial score (nSPS) is 19.6. The maximum absolute atomic E-state index is 12.5. The molecule has 116 valence electrons. The summed E-state index contributed by atoms with van der Waals surface area (Å²) in [5, 5.41) is 0.144. The molecule has 0 bridgehead atoms. The van der Waals surface area contributed by atoms with Gasteiger partial charge >= 0.3 is 0 Å². The second-order valence-corrected chi connectivity index (χ2v) is 8.94. The van der Waals surface area contributed by atoms with Crippen molar-refractivity contribution in [1.82, 2.24) is 4.90 Å². The third-order valence-electron chi connectivity index (χ3n) is 3.45. The molecule has 1 fully saturated rings. The highest BCUT2D eigenvalue weighted by Crippen LogP contribution is 2.33. The SMILES string of the molecule is CC1CCCN(C(=O)c2cc(Cl)c(Br)c(S(=O)(=O)Cl)c2)C1. The molecule has 1 amide bonds. The number of amides is 1. The van der Waals surface area contributed by atoms with Crippen LogP contribution in [0.1, 0.15) is 30.1 Å². The second-order valence-electron chi connectivity index (χ2n) is 5.21. The molecular formula is C13H14BrCl2NO3S. The Morgan fingerprint density at radius 1 is 1.43 bits per heavy atom. The van der Waals surface area contributed by atoms with Crippen molar-refractivity contribution in [3.63, 3.8) is 0 Å². The molecule has 1 aliphatic heterocycles. The van der Waals surface area contributed by atoms with Gasteiger partial charge in [0.15, 0.2) is 0 Å². The summed E-state index contributed by atoms with van der Waals surface area (Å²) in [4.78, 5) is 14.0. The van der Waals surface area contributed by atoms with Crippen molar-refractivity contribution < 1.29 is 13.2 Å². The number of rotatable bonds is 2. The first kappa shape index (κ1) is 17.1. The molecule has 1 unspecified atom stereocenters. The molecule has 2 rings (SSSR count). The maximum atomic E-state index is 12.5. The van der Waals surface area contributed by atoms with Gasteiger partial charge < -0.3 is 4.90 Å². The van der Waals surface area contributed by atoms with Crippen LogP contribution in [0.25, 0.3) is 0 Å². The molecule has 0 spiro atoms. The van der Waals surface area contributed by atoms with Gasteiger partial charge in [0, 0.05) is 29.3 Å². The summed E-state index contributed by atoms with van der Waals surface area (Å²) in [7, 11) is 1.40. The number of carbonyl (C=O) groups is 1. The van der Waals surface area contributed by atoms with Crippen LogP contribution < -0.4 is 0 Å². The Balaban J connectivity index is 2.40. The minimum Gasteiger partial charge on any atom is -0.338 e. The molecule has 0 aliphatic carbocycles. The molecular weight excluding hydrogens is 401 g/mol. The largest absolute Gasteiger partial charge is 0.338 e. The summed E-state index contributed by atoms with van der Waals surface area (Å²) in [6.45, 7) is 3.41. The number of likely N-dealkylation sites (tertiary alicyclic amines) is 1. The Bertz CT molecular complexity index is 678. The highest BCUT2D eigenvalue weighted by Gasteiger charge is 2.25. The zero-order chi connectivity index (χ0) is 15.8. The van der Waals surface area contributed by atoms with Crippen molar-refractivity contribution in [1.29, 1.82) is 0 Å². The molecule has 0 radical (unpaired) electrons. The Morgan fingerprint density at radius 2 is 2.10 bits per heavy atom. The van der Waals surface area contributed by atoms with Crippen LogP contribution in [0, 0.1) is 5.92 Å². The minimum atomic E-state index is -3.98. The number of hydrogen-bond donors (Lipinski definition) is 0. The van der Waals surface area contributed by atoms with Gasteiger partial charge in [-0.2, -0.15) is 0 Å². The number of hydrogen-bond acceptors (Lipinski definition) is 3. The van der Waals surface area contributed by atoms with E-state index < -0.39 is 9.05 Å². The van der Waals surface area contributed by atoms with E-state index in [0.29, 0.717) is 19.0 Å². The lowest BCUT2D eigenvalue weighted by atomic mass is 9.99. The standard InChI is InChI=1S/C13H14BrCl2NO3S/c1-8-3-2-4-17(7-8)13(18)9-5-10(15)12(14)11(6-9)21(16,19)20/h5-6,8H,2-4,7H2,1H3. The molecule has 1 aromatic carbocycles. The van der Waals surface area contributed by atoms with E-state index in [-0.39, 0.29) is 25.9 Å². The van der Waals surface area contributed by atoms with Gasteiger partial charge in [-0.15, -0.1) is 0 Å². The lowest BCUT2D eigenvalue weighted by Gasteiger charge is -2.31.